The summed E-state index contributed by atoms with van der Waals surface area (Å²) in [5.74, 6) is -1.03. The molecule has 0 saturated carbocycles. The number of likely N-dealkylation sites (tertiary alicyclic amines) is 1. The molecular weight excluding hydrogens is 456 g/mol. The molecule has 3 aromatic rings. The lowest BCUT2D eigenvalue weighted by Crippen LogP contribution is -2.38. The highest BCUT2D eigenvalue weighted by molar-refractivity contribution is 5.95. The van der Waals surface area contributed by atoms with Crippen LogP contribution in [-0.4, -0.2) is 59.6 Å². The lowest BCUT2D eigenvalue weighted by Gasteiger charge is -2.28. The van der Waals surface area contributed by atoms with E-state index in [9.17, 15) is 18.4 Å². The number of benzene rings is 1. The first-order chi connectivity index (χ1) is 16.9. The maximum Gasteiger partial charge on any atom is 0.259 e. The summed E-state index contributed by atoms with van der Waals surface area (Å²) in [4.78, 5) is 34.9. The van der Waals surface area contributed by atoms with Gasteiger partial charge in [-0.3, -0.25) is 14.0 Å². The zero-order valence-corrected chi connectivity index (χ0v) is 19.5. The molecule has 1 amide bonds. The van der Waals surface area contributed by atoms with E-state index in [0.29, 0.717) is 62.0 Å². The molecule has 1 unspecified atom stereocenters. The van der Waals surface area contributed by atoms with Crippen LogP contribution in [0.25, 0.3) is 5.65 Å². The molecule has 0 spiro atoms. The van der Waals surface area contributed by atoms with Gasteiger partial charge in [0.05, 0.1) is 24.8 Å². The number of hydrogen-bond donors (Lipinski definition) is 1. The van der Waals surface area contributed by atoms with Crippen LogP contribution in [0.1, 0.15) is 41.7 Å². The van der Waals surface area contributed by atoms with Crippen molar-refractivity contribution in [2.75, 3.05) is 49.6 Å². The second-order valence-corrected chi connectivity index (χ2v) is 8.95. The van der Waals surface area contributed by atoms with Gasteiger partial charge in [-0.2, -0.15) is 0 Å². The summed E-state index contributed by atoms with van der Waals surface area (Å²) in [5, 5.41) is 3.09. The minimum absolute atomic E-state index is 0.154. The Morgan fingerprint density at radius 1 is 1.03 bits per heavy atom. The molecule has 0 bridgehead atoms. The average Bonchev–Trinajstić information content (AvgIpc) is 3.38. The normalized spacial score (nSPS) is 17.1. The van der Waals surface area contributed by atoms with Gasteiger partial charge in [-0.15, -0.1) is 0 Å². The maximum atomic E-state index is 13.8. The minimum Gasteiger partial charge on any atom is -0.378 e. The highest BCUT2D eigenvalue weighted by Crippen LogP contribution is 2.26. The summed E-state index contributed by atoms with van der Waals surface area (Å²) in [7, 11) is 0. The lowest BCUT2D eigenvalue weighted by molar-refractivity contribution is 0.0792. The number of carbonyl (C=O) groups is 1. The molecule has 5 rings (SSSR count). The molecule has 8 nitrogen and oxygen atoms in total. The molecule has 1 N–H and O–H groups in total. The molecule has 2 aromatic heterocycles. The molecule has 0 aliphatic carbocycles. The van der Waals surface area contributed by atoms with E-state index in [1.165, 1.54) is 28.8 Å². The van der Waals surface area contributed by atoms with Gasteiger partial charge in [0.25, 0.3) is 11.5 Å². The van der Waals surface area contributed by atoms with Crippen LogP contribution < -0.4 is 15.8 Å². The Balaban J connectivity index is 1.61. The van der Waals surface area contributed by atoms with Gasteiger partial charge in [-0.1, -0.05) is 0 Å². The van der Waals surface area contributed by atoms with Gasteiger partial charge in [-0.05, 0) is 38.0 Å². The minimum atomic E-state index is -0.702. The van der Waals surface area contributed by atoms with Gasteiger partial charge in [0.15, 0.2) is 0 Å². The summed E-state index contributed by atoms with van der Waals surface area (Å²) >= 11 is 0. The first-order valence-electron chi connectivity index (χ1n) is 11.8. The van der Waals surface area contributed by atoms with E-state index in [-0.39, 0.29) is 17.2 Å². The number of fused-ring (bicyclic) bond motifs is 1. The molecule has 1 aromatic carbocycles. The number of ether oxygens (including phenoxy) is 1. The molecule has 1 atom stereocenters. The number of pyridine rings is 1. The second-order valence-electron chi connectivity index (χ2n) is 8.95. The van der Waals surface area contributed by atoms with Gasteiger partial charge in [0, 0.05) is 55.8 Å². The zero-order valence-electron chi connectivity index (χ0n) is 19.5. The molecule has 184 valence electrons. The van der Waals surface area contributed by atoms with Crippen molar-refractivity contribution >= 4 is 23.1 Å². The van der Waals surface area contributed by atoms with Crippen LogP contribution in [0.5, 0.6) is 0 Å². The van der Waals surface area contributed by atoms with Crippen molar-refractivity contribution in [3.8, 4) is 0 Å². The van der Waals surface area contributed by atoms with Gasteiger partial charge < -0.3 is 19.9 Å². The summed E-state index contributed by atoms with van der Waals surface area (Å²) in [6.45, 7) is 5.45. The summed E-state index contributed by atoms with van der Waals surface area (Å²) in [6.07, 6.45) is 3.42. The third-order valence-electron chi connectivity index (χ3n) is 6.46. The Kier molecular flexibility index (Phi) is 6.38. The monoisotopic (exact) mass is 483 g/mol. The number of hydrogen-bond acceptors (Lipinski definition) is 6. The summed E-state index contributed by atoms with van der Waals surface area (Å²) in [6, 6.07) is 5.87. The number of halogens is 2. The molecular formula is C25H27F2N5O3. The van der Waals surface area contributed by atoms with Gasteiger partial charge in [0.2, 0.25) is 0 Å². The predicted molar refractivity (Wildman–Crippen MR) is 128 cm³/mol. The number of aromatic nitrogens is 2. The Bertz CT molecular complexity index is 1300. The smallest absolute Gasteiger partial charge is 0.259 e. The van der Waals surface area contributed by atoms with Crippen molar-refractivity contribution in [2.45, 2.75) is 25.8 Å². The maximum absolute atomic E-state index is 13.8. The van der Waals surface area contributed by atoms with Crippen LogP contribution in [0, 0.1) is 11.6 Å². The fraction of sp³-hybridized carbons (Fsp3) is 0.400. The van der Waals surface area contributed by atoms with Crippen LogP contribution in [0.4, 0.5) is 20.3 Å². The highest BCUT2D eigenvalue weighted by atomic mass is 19.1. The molecule has 35 heavy (non-hydrogen) atoms. The molecule has 2 saturated heterocycles. The first-order valence-corrected chi connectivity index (χ1v) is 11.8. The number of amides is 1. The number of nitrogens with one attached hydrogen (secondary N) is 1. The van der Waals surface area contributed by atoms with Crippen molar-refractivity contribution < 1.29 is 18.3 Å². The molecule has 0 radical (unpaired) electrons. The van der Waals surface area contributed by atoms with Gasteiger partial charge in [0.1, 0.15) is 23.1 Å². The fourth-order valence-corrected chi connectivity index (χ4v) is 4.67. The van der Waals surface area contributed by atoms with Crippen LogP contribution in [0.15, 0.2) is 41.3 Å². The van der Waals surface area contributed by atoms with E-state index >= 15 is 0 Å². The number of morpholine rings is 1. The van der Waals surface area contributed by atoms with Crippen molar-refractivity contribution in [3.63, 3.8) is 0 Å². The quantitative estimate of drug-likeness (QED) is 0.601. The Morgan fingerprint density at radius 2 is 1.71 bits per heavy atom. The molecule has 10 heteroatoms. The van der Waals surface area contributed by atoms with Gasteiger partial charge >= 0.3 is 0 Å². The van der Waals surface area contributed by atoms with Crippen molar-refractivity contribution in [3.05, 3.63) is 69.6 Å². The number of anilines is 2. The SMILES string of the molecule is CC(Nc1cc(F)cc(F)c1)c1cc(C(=O)N2CCCC2)cn2c(=O)cc(N3CCOCC3)nc12. The lowest BCUT2D eigenvalue weighted by atomic mass is 10.1. The third-order valence-corrected chi connectivity index (χ3v) is 6.46. The van der Waals surface area contributed by atoms with Crippen LogP contribution in [0.2, 0.25) is 0 Å². The van der Waals surface area contributed by atoms with Crippen LogP contribution in [0.3, 0.4) is 0 Å². The standard InChI is InChI=1S/C25H27F2N5O3/c1-16(28-20-12-18(26)11-19(27)13-20)21-10-17(25(34)31-4-2-3-5-31)15-32-23(33)14-22(29-24(21)32)30-6-8-35-9-7-30/h10-16,28H,2-9H2,1H3. The topological polar surface area (TPSA) is 79.2 Å². The Morgan fingerprint density at radius 3 is 2.40 bits per heavy atom. The largest absolute Gasteiger partial charge is 0.378 e. The predicted octanol–water partition coefficient (Wildman–Crippen LogP) is 3.22. The molecule has 4 heterocycles. The van der Waals surface area contributed by atoms with E-state index in [1.54, 1.807) is 17.9 Å². The number of nitrogens with zero attached hydrogens (tertiary/aromatic N) is 4. The Hall–Kier alpha value is -3.53. The third kappa shape index (κ3) is 4.84. The molecule has 2 aliphatic heterocycles. The summed E-state index contributed by atoms with van der Waals surface area (Å²) < 4.78 is 34.4. The first kappa shape index (κ1) is 23.2. The van der Waals surface area contributed by atoms with Crippen LogP contribution in [-0.2, 0) is 4.74 Å². The van der Waals surface area contributed by atoms with E-state index in [2.05, 4.69) is 5.32 Å². The van der Waals surface area contributed by atoms with Crippen molar-refractivity contribution in [1.29, 1.82) is 0 Å². The average molecular weight is 484 g/mol. The molecule has 2 aliphatic rings. The Labute approximate surface area is 201 Å². The van der Waals surface area contributed by atoms with E-state index < -0.39 is 17.7 Å². The van der Waals surface area contributed by atoms with Crippen molar-refractivity contribution in [2.24, 2.45) is 0 Å². The van der Waals surface area contributed by atoms with E-state index in [1.807, 2.05) is 4.90 Å². The van der Waals surface area contributed by atoms with E-state index in [4.69, 9.17) is 9.72 Å². The fourth-order valence-electron chi connectivity index (χ4n) is 4.67. The summed E-state index contributed by atoms with van der Waals surface area (Å²) in [5.41, 5.74) is 1.27. The number of rotatable bonds is 5. The van der Waals surface area contributed by atoms with Gasteiger partial charge in [-0.25, -0.2) is 13.8 Å². The van der Waals surface area contributed by atoms with Crippen LogP contribution >= 0.6 is 0 Å². The highest BCUT2D eigenvalue weighted by Gasteiger charge is 2.24. The zero-order chi connectivity index (χ0) is 24.5. The van der Waals surface area contributed by atoms with Crippen molar-refractivity contribution in [1.82, 2.24) is 14.3 Å². The second kappa shape index (κ2) is 9.61. The molecule has 2 fully saturated rings. The number of carbonyl (C=O) groups excluding carboxylic acids is 1. The van der Waals surface area contributed by atoms with E-state index in [0.717, 1.165) is 18.9 Å².